The van der Waals surface area contributed by atoms with Gasteiger partial charge in [-0.15, -0.1) is 5.10 Å². The van der Waals surface area contributed by atoms with Crippen LogP contribution in [0.1, 0.15) is 93.6 Å². The zero-order valence-corrected chi connectivity index (χ0v) is 24.4. The number of hydrogen-bond acceptors (Lipinski definition) is 6. The number of benzene rings is 1. The number of aromatic nitrogens is 4. The van der Waals surface area contributed by atoms with Gasteiger partial charge in [-0.25, -0.2) is 20.5 Å². The van der Waals surface area contributed by atoms with Crippen molar-refractivity contribution in [2.45, 2.75) is 103 Å². The third-order valence-corrected chi connectivity index (χ3v) is 9.35. The minimum Gasteiger partial charge on any atom is -0.458 e. The van der Waals surface area contributed by atoms with Crippen LogP contribution in [-0.2, 0) is 32.7 Å². The van der Waals surface area contributed by atoms with Crippen LogP contribution < -0.4 is 0 Å². The Morgan fingerprint density at radius 2 is 1.88 bits per heavy atom. The van der Waals surface area contributed by atoms with E-state index >= 15 is 4.39 Å². The Balaban J connectivity index is 1.35. The van der Waals surface area contributed by atoms with E-state index in [1.54, 1.807) is 10.6 Å². The lowest BCUT2D eigenvalue weighted by molar-refractivity contribution is -0.185. The highest BCUT2D eigenvalue weighted by atomic mass is 19.1. The minimum atomic E-state index is -0.954. The van der Waals surface area contributed by atoms with Gasteiger partial charge in [0, 0.05) is 37.1 Å². The van der Waals surface area contributed by atoms with Gasteiger partial charge in [0.25, 0.3) is 11.3 Å². The van der Waals surface area contributed by atoms with Crippen LogP contribution in [0.2, 0.25) is 0 Å². The summed E-state index contributed by atoms with van der Waals surface area (Å²) in [4.78, 5) is 39.6. The molecule has 2 atom stereocenters. The number of rotatable bonds is 9. The van der Waals surface area contributed by atoms with Gasteiger partial charge in [-0.2, -0.15) is 4.98 Å². The highest BCUT2D eigenvalue weighted by Gasteiger charge is 2.51. The average Bonchev–Trinajstić information content (AvgIpc) is 3.63. The number of carbonyl (C=O) groups excluding carboxylic acids is 2. The Morgan fingerprint density at radius 3 is 2.51 bits per heavy atom. The van der Waals surface area contributed by atoms with Gasteiger partial charge in [-0.1, -0.05) is 32.8 Å². The highest BCUT2D eigenvalue weighted by Crippen LogP contribution is 2.45. The molecule has 5 rings (SSSR count). The maximum absolute atomic E-state index is 15.3. The van der Waals surface area contributed by atoms with Crippen molar-refractivity contribution in [3.63, 3.8) is 0 Å². The van der Waals surface area contributed by atoms with Gasteiger partial charge in [-0.05, 0) is 69.2 Å². The molecule has 216 valence electrons. The van der Waals surface area contributed by atoms with E-state index in [-0.39, 0.29) is 30.4 Å². The Bertz CT molecular complexity index is 1500. The second kappa shape index (κ2) is 11.3. The largest absolute Gasteiger partial charge is 0.458 e. The van der Waals surface area contributed by atoms with E-state index in [1.807, 2.05) is 39.8 Å². The molecule has 2 unspecified atom stereocenters. The average molecular weight is 560 g/mol. The lowest BCUT2D eigenvalue weighted by atomic mass is 9.73. The summed E-state index contributed by atoms with van der Waals surface area (Å²) in [5.74, 6) is -1.08. The van der Waals surface area contributed by atoms with Crippen LogP contribution in [0.25, 0.3) is 10.6 Å². The third-order valence-electron chi connectivity index (χ3n) is 9.35. The monoisotopic (exact) mass is 559 g/mol. The van der Waals surface area contributed by atoms with Gasteiger partial charge in [0.1, 0.15) is 17.3 Å². The topological polar surface area (TPSA) is 90.8 Å². The van der Waals surface area contributed by atoms with Crippen molar-refractivity contribution in [1.29, 1.82) is 0 Å². The van der Waals surface area contributed by atoms with E-state index in [0.717, 1.165) is 42.6 Å². The standard InChI is InChI=1S/C32H38FN5O3/c1-6-31(7-2,34-5)25-13-12-22(17-26(25)33)14-15-32(23-10-8-9-11-23)19-27(39)24(29(40)41-32)18-28-36-30-35-20(3)16-21(4)38(30)37-28/h12-13,16-17,23-24H,6-11,14-15,18-19H2,1-4H3. The Morgan fingerprint density at radius 1 is 1.15 bits per heavy atom. The maximum atomic E-state index is 15.3. The number of aryl methyl sites for hydroxylation is 3. The summed E-state index contributed by atoms with van der Waals surface area (Å²) in [5.41, 5.74) is 1.13. The fourth-order valence-corrected chi connectivity index (χ4v) is 6.85. The van der Waals surface area contributed by atoms with Gasteiger partial charge in [0.2, 0.25) is 0 Å². The van der Waals surface area contributed by atoms with Gasteiger partial charge in [0.15, 0.2) is 11.6 Å². The van der Waals surface area contributed by atoms with E-state index in [1.165, 1.54) is 6.07 Å². The van der Waals surface area contributed by atoms with Crippen LogP contribution in [0.3, 0.4) is 0 Å². The van der Waals surface area contributed by atoms with E-state index in [4.69, 9.17) is 11.3 Å². The predicted octanol–water partition coefficient (Wildman–Crippen LogP) is 6.05. The van der Waals surface area contributed by atoms with Crippen molar-refractivity contribution in [1.82, 2.24) is 19.6 Å². The normalized spacial score (nSPS) is 21.8. The van der Waals surface area contributed by atoms with Gasteiger partial charge in [-0.3, -0.25) is 9.59 Å². The molecule has 0 amide bonds. The maximum Gasteiger partial charge on any atom is 0.317 e. The molecule has 3 heterocycles. The molecule has 3 aromatic rings. The first-order valence-corrected chi connectivity index (χ1v) is 14.8. The number of hydrogen-bond donors (Lipinski definition) is 0. The van der Waals surface area contributed by atoms with Crippen molar-refractivity contribution in [3.05, 3.63) is 69.8 Å². The van der Waals surface area contributed by atoms with E-state index in [9.17, 15) is 9.59 Å². The predicted molar refractivity (Wildman–Crippen MR) is 151 cm³/mol. The zero-order valence-electron chi connectivity index (χ0n) is 24.4. The summed E-state index contributed by atoms with van der Waals surface area (Å²) in [6.07, 6.45) is 6.08. The first kappa shape index (κ1) is 28.8. The summed E-state index contributed by atoms with van der Waals surface area (Å²) in [6.45, 7) is 15.3. The molecule has 1 aromatic carbocycles. The Kier molecular flexibility index (Phi) is 7.95. The van der Waals surface area contributed by atoms with Gasteiger partial charge >= 0.3 is 5.97 Å². The molecular formula is C32H38FN5O3. The van der Waals surface area contributed by atoms with Crippen molar-refractivity contribution in [2.24, 2.45) is 11.8 Å². The van der Waals surface area contributed by atoms with Crippen LogP contribution in [0.4, 0.5) is 4.39 Å². The number of carbonyl (C=O) groups is 2. The highest BCUT2D eigenvalue weighted by molar-refractivity contribution is 6.01. The van der Waals surface area contributed by atoms with Crippen LogP contribution in [0.15, 0.2) is 24.3 Å². The Hall–Kier alpha value is -3.67. The Labute approximate surface area is 240 Å². The second-order valence-electron chi connectivity index (χ2n) is 11.8. The summed E-state index contributed by atoms with van der Waals surface area (Å²) < 4.78 is 23.1. The number of ketones is 1. The van der Waals surface area contributed by atoms with Crippen LogP contribution in [0, 0.1) is 38.1 Å². The molecule has 1 aliphatic heterocycles. The molecule has 1 saturated heterocycles. The van der Waals surface area contributed by atoms with Gasteiger partial charge in [0.05, 0.1) is 5.56 Å². The first-order chi connectivity index (χ1) is 19.6. The number of esters is 1. The molecule has 0 radical (unpaired) electrons. The van der Waals surface area contributed by atoms with Crippen LogP contribution >= 0.6 is 0 Å². The lowest BCUT2D eigenvalue weighted by Crippen LogP contribution is -2.52. The molecule has 1 saturated carbocycles. The summed E-state index contributed by atoms with van der Waals surface area (Å²) >= 11 is 0. The lowest BCUT2D eigenvalue weighted by Gasteiger charge is -2.43. The SMILES string of the molecule is [C-]#[N+]C(CC)(CC)c1ccc(CCC2(C3CCCC3)CC(=O)C(Cc3nc4nc(C)cc(C)n4n3)C(=O)O2)cc1F. The summed E-state index contributed by atoms with van der Waals surface area (Å²) in [7, 11) is 0. The molecule has 41 heavy (non-hydrogen) atoms. The molecule has 0 N–H and O–H groups in total. The van der Waals surface area contributed by atoms with Crippen LogP contribution in [-0.4, -0.2) is 36.9 Å². The molecule has 9 heteroatoms. The zero-order chi connectivity index (χ0) is 29.4. The number of halogens is 1. The van der Waals surface area contributed by atoms with Gasteiger partial charge < -0.3 is 9.58 Å². The number of nitrogens with zero attached hydrogens (tertiary/aromatic N) is 5. The first-order valence-electron chi connectivity index (χ1n) is 14.8. The quantitative estimate of drug-likeness (QED) is 0.180. The number of cyclic esters (lactones) is 1. The van der Waals surface area contributed by atoms with Crippen molar-refractivity contribution >= 4 is 17.5 Å². The summed E-state index contributed by atoms with van der Waals surface area (Å²) in [6, 6.07) is 7.00. The van der Waals surface area contributed by atoms with Crippen LogP contribution in [0.5, 0.6) is 0 Å². The molecule has 2 aromatic heterocycles. The summed E-state index contributed by atoms with van der Waals surface area (Å²) in [5, 5.41) is 4.49. The molecule has 2 fully saturated rings. The second-order valence-corrected chi connectivity index (χ2v) is 11.8. The van der Waals surface area contributed by atoms with E-state index in [0.29, 0.717) is 42.8 Å². The molecule has 0 spiro atoms. The molecular weight excluding hydrogens is 521 g/mol. The molecule has 8 nitrogen and oxygen atoms in total. The third kappa shape index (κ3) is 5.37. The number of fused-ring (bicyclic) bond motifs is 1. The molecule has 0 bridgehead atoms. The van der Waals surface area contributed by atoms with Crippen molar-refractivity contribution in [2.75, 3.05) is 0 Å². The van der Waals surface area contributed by atoms with E-state index < -0.39 is 23.0 Å². The van der Waals surface area contributed by atoms with E-state index in [2.05, 4.69) is 19.9 Å². The fraction of sp³-hybridized carbons (Fsp3) is 0.562. The fourth-order valence-electron chi connectivity index (χ4n) is 6.85. The molecule has 2 aliphatic rings. The molecule has 1 aliphatic carbocycles. The van der Waals surface area contributed by atoms with Crippen molar-refractivity contribution in [3.8, 4) is 0 Å². The minimum absolute atomic E-state index is 0.0740. The number of Topliss-reactive ketones (excluding diaryl/α,β-unsaturated/α-hetero) is 1. The smallest absolute Gasteiger partial charge is 0.317 e. The number of ether oxygens (including phenoxy) is 1. The van der Waals surface area contributed by atoms with Crippen molar-refractivity contribution < 1.29 is 18.7 Å².